The van der Waals surface area contributed by atoms with E-state index >= 15 is 0 Å². The second kappa shape index (κ2) is 19.5. The van der Waals surface area contributed by atoms with Gasteiger partial charge in [0.05, 0.1) is 0 Å². The summed E-state index contributed by atoms with van der Waals surface area (Å²) in [6.45, 7) is -1.73. The summed E-state index contributed by atoms with van der Waals surface area (Å²) < 4.78 is 21.5. The van der Waals surface area contributed by atoms with Gasteiger partial charge in [-0.1, -0.05) is 116 Å². The lowest BCUT2D eigenvalue weighted by Gasteiger charge is -2.03. The second-order valence-electron chi connectivity index (χ2n) is 6.90. The molecule has 0 amide bonds. The van der Waals surface area contributed by atoms with E-state index in [-0.39, 0.29) is 0 Å². The number of carboxylic acids is 1. The molecule has 0 aliphatic rings. The number of hydrogen-bond donors (Lipinski definition) is 1. The van der Waals surface area contributed by atoms with Gasteiger partial charge in [0.2, 0.25) is 0 Å². The molecule has 0 spiro atoms. The molecule has 0 heterocycles. The van der Waals surface area contributed by atoms with Gasteiger partial charge in [-0.3, -0.25) is 4.79 Å². The molecule has 0 unspecified atom stereocenters. The van der Waals surface area contributed by atoms with Gasteiger partial charge in [0.25, 0.3) is 0 Å². The first kappa shape index (κ1) is 17.3. The van der Waals surface area contributed by atoms with Crippen LogP contribution in [-0.4, -0.2) is 11.1 Å². The minimum atomic E-state index is -1.73. The number of unbranched alkanes of at least 4 members (excludes halogenated alkanes) is 16. The van der Waals surface area contributed by atoms with Crippen LogP contribution < -0.4 is 0 Å². The molecule has 1 N–H and O–H groups in total. The fraction of sp³-hybridized carbons (Fsp3) is 0.952. The van der Waals surface area contributed by atoms with E-state index in [1.54, 1.807) is 0 Å². The topological polar surface area (TPSA) is 37.3 Å². The first-order valence-corrected chi connectivity index (χ1v) is 10.1. The van der Waals surface area contributed by atoms with Crippen LogP contribution in [0.4, 0.5) is 0 Å². The lowest BCUT2D eigenvalue weighted by molar-refractivity contribution is -0.137. The zero-order chi connectivity index (χ0) is 19.5. The van der Waals surface area contributed by atoms with E-state index in [1.165, 1.54) is 83.5 Å². The fourth-order valence-electron chi connectivity index (χ4n) is 3.05. The molecule has 0 aromatic heterocycles. The SMILES string of the molecule is [2H]C([2H])([2H])CCCCCCCCCCCCCCCCCCCC(=O)O. The van der Waals surface area contributed by atoms with Crippen LogP contribution in [0.5, 0.6) is 0 Å². The Labute approximate surface area is 149 Å². The molecule has 0 aromatic rings. The number of carboxylic acid groups (broad SMARTS) is 1. The summed E-state index contributed by atoms with van der Waals surface area (Å²) in [4.78, 5) is 10.4. The molecular formula is C21H42O2. The maximum Gasteiger partial charge on any atom is 0.303 e. The zero-order valence-corrected chi connectivity index (χ0v) is 15.3. The van der Waals surface area contributed by atoms with Crippen LogP contribution in [0.2, 0.25) is 0 Å². The summed E-state index contributed by atoms with van der Waals surface area (Å²) in [5, 5.41) is 8.56. The summed E-state index contributed by atoms with van der Waals surface area (Å²) in [7, 11) is 0. The Kier molecular flexibility index (Phi) is 14.7. The third-order valence-electron chi connectivity index (χ3n) is 4.57. The van der Waals surface area contributed by atoms with Crippen LogP contribution >= 0.6 is 0 Å². The van der Waals surface area contributed by atoms with Gasteiger partial charge in [-0.15, -0.1) is 0 Å². The third kappa shape index (κ3) is 21.5. The normalized spacial score (nSPS) is 13.5. The van der Waals surface area contributed by atoms with Crippen LogP contribution in [0.1, 0.15) is 133 Å². The van der Waals surface area contributed by atoms with Gasteiger partial charge >= 0.3 is 5.97 Å². The lowest BCUT2D eigenvalue weighted by atomic mass is 10.0. The summed E-state index contributed by atoms with van der Waals surface area (Å²) in [6, 6.07) is 0. The zero-order valence-electron chi connectivity index (χ0n) is 18.3. The summed E-state index contributed by atoms with van der Waals surface area (Å²) in [5.74, 6) is -0.670. The quantitative estimate of drug-likeness (QED) is 0.249. The Morgan fingerprint density at radius 2 is 0.913 bits per heavy atom. The van der Waals surface area contributed by atoms with Crippen molar-refractivity contribution in [3.63, 3.8) is 0 Å². The van der Waals surface area contributed by atoms with Gasteiger partial charge in [-0.25, -0.2) is 0 Å². The van der Waals surface area contributed by atoms with E-state index in [1.807, 2.05) is 0 Å². The van der Waals surface area contributed by atoms with Gasteiger partial charge in [0, 0.05) is 10.5 Å². The average Bonchev–Trinajstić information content (AvgIpc) is 2.55. The molecule has 2 nitrogen and oxygen atoms in total. The number of carbonyl (C=O) groups is 1. The van der Waals surface area contributed by atoms with E-state index in [4.69, 9.17) is 9.22 Å². The summed E-state index contributed by atoms with van der Waals surface area (Å²) >= 11 is 0. The Bertz CT molecular complexity index is 317. The van der Waals surface area contributed by atoms with Crippen molar-refractivity contribution in [3.05, 3.63) is 0 Å². The van der Waals surface area contributed by atoms with E-state index in [9.17, 15) is 4.79 Å². The van der Waals surface area contributed by atoms with E-state index in [0.717, 1.165) is 25.7 Å². The van der Waals surface area contributed by atoms with E-state index in [2.05, 4.69) is 0 Å². The van der Waals surface area contributed by atoms with Crippen molar-refractivity contribution in [3.8, 4) is 0 Å². The predicted molar refractivity (Wildman–Crippen MR) is 101 cm³/mol. The molecule has 0 saturated heterocycles. The van der Waals surface area contributed by atoms with Crippen LogP contribution in [0.3, 0.4) is 0 Å². The minimum absolute atomic E-state index is 0.324. The highest BCUT2D eigenvalue weighted by Gasteiger charge is 1.97. The molecule has 0 radical (unpaired) electrons. The molecule has 23 heavy (non-hydrogen) atoms. The van der Waals surface area contributed by atoms with Crippen molar-refractivity contribution in [1.82, 2.24) is 0 Å². The molecular weight excluding hydrogens is 284 g/mol. The molecule has 0 bridgehead atoms. The lowest BCUT2D eigenvalue weighted by Crippen LogP contribution is -1.93. The van der Waals surface area contributed by atoms with Crippen molar-refractivity contribution in [2.75, 3.05) is 0 Å². The Morgan fingerprint density at radius 1 is 0.609 bits per heavy atom. The highest BCUT2D eigenvalue weighted by Crippen LogP contribution is 2.14. The molecule has 138 valence electrons. The maximum absolute atomic E-state index is 10.4. The van der Waals surface area contributed by atoms with Crippen molar-refractivity contribution < 1.29 is 14.0 Å². The molecule has 0 aliphatic heterocycles. The largest absolute Gasteiger partial charge is 0.481 e. The molecule has 2 heteroatoms. The molecule has 0 fully saturated rings. The summed E-state index contributed by atoms with van der Waals surface area (Å²) in [6.07, 6.45) is 21.4. The number of aliphatic carboxylic acids is 1. The first-order chi connectivity index (χ1) is 12.4. The molecule has 0 atom stereocenters. The Balaban J connectivity index is 3.04. The van der Waals surface area contributed by atoms with Crippen molar-refractivity contribution in [2.45, 2.75) is 129 Å². The monoisotopic (exact) mass is 329 g/mol. The minimum Gasteiger partial charge on any atom is -0.481 e. The number of hydrogen-bond acceptors (Lipinski definition) is 1. The average molecular weight is 330 g/mol. The number of rotatable bonds is 19. The van der Waals surface area contributed by atoms with Crippen LogP contribution in [0.25, 0.3) is 0 Å². The van der Waals surface area contributed by atoms with Crippen molar-refractivity contribution in [1.29, 1.82) is 0 Å². The van der Waals surface area contributed by atoms with Gasteiger partial charge in [-0.05, 0) is 6.42 Å². The van der Waals surface area contributed by atoms with E-state index in [0.29, 0.717) is 12.8 Å². The Hall–Kier alpha value is -0.530. The standard InChI is InChI=1S/C21H42O2/c1-2-3-4-5-6-7-8-9-10-11-12-13-14-15-16-17-18-19-20-21(22)23/h2-20H2,1H3,(H,22,23)/i1D3. The molecule has 0 saturated carbocycles. The van der Waals surface area contributed by atoms with E-state index < -0.39 is 12.8 Å². The van der Waals surface area contributed by atoms with Crippen molar-refractivity contribution in [2.24, 2.45) is 0 Å². The second-order valence-corrected chi connectivity index (χ2v) is 6.90. The van der Waals surface area contributed by atoms with Crippen molar-refractivity contribution >= 4 is 5.97 Å². The highest BCUT2D eigenvalue weighted by atomic mass is 16.4. The van der Waals surface area contributed by atoms with Crippen LogP contribution in [0, 0.1) is 0 Å². The van der Waals surface area contributed by atoms with Gasteiger partial charge in [0.1, 0.15) is 0 Å². The van der Waals surface area contributed by atoms with Gasteiger partial charge in [0.15, 0.2) is 0 Å². The van der Waals surface area contributed by atoms with Crippen LogP contribution in [0.15, 0.2) is 0 Å². The highest BCUT2D eigenvalue weighted by molar-refractivity contribution is 5.66. The van der Waals surface area contributed by atoms with Crippen LogP contribution in [-0.2, 0) is 4.79 Å². The van der Waals surface area contributed by atoms with Gasteiger partial charge < -0.3 is 5.11 Å². The molecule has 0 rings (SSSR count). The summed E-state index contributed by atoms with van der Waals surface area (Å²) in [5.41, 5.74) is 0. The fourth-order valence-corrected chi connectivity index (χ4v) is 3.05. The molecule has 0 aliphatic carbocycles. The predicted octanol–water partition coefficient (Wildman–Crippen LogP) is 7.50. The third-order valence-corrected chi connectivity index (χ3v) is 4.57. The Morgan fingerprint density at radius 3 is 1.22 bits per heavy atom. The molecule has 0 aromatic carbocycles. The maximum atomic E-state index is 10.4. The first-order valence-electron chi connectivity index (χ1n) is 11.6. The smallest absolute Gasteiger partial charge is 0.303 e. The van der Waals surface area contributed by atoms with Gasteiger partial charge in [-0.2, -0.15) is 0 Å².